The Bertz CT molecular complexity index is 1780. The van der Waals surface area contributed by atoms with Crippen LogP contribution in [0.25, 0.3) is 22.3 Å². The molecule has 0 bridgehead atoms. The quantitative estimate of drug-likeness (QED) is 0.0886. The van der Waals surface area contributed by atoms with E-state index in [0.717, 1.165) is 6.33 Å². The molecular weight excluding hydrogens is 601 g/mol. The number of ether oxygens (including phenoxy) is 4. The van der Waals surface area contributed by atoms with Gasteiger partial charge in [0.1, 0.15) is 29.9 Å². The van der Waals surface area contributed by atoms with Gasteiger partial charge in [-0.3, -0.25) is 28.0 Å². The molecule has 0 radical (unpaired) electrons. The smallest absolute Gasteiger partial charge is 0.354 e. The number of hydrogen-bond donors (Lipinski definition) is 8. The number of nitrogens with zero attached hydrogens (tertiary/aromatic N) is 7. The number of anilines is 3. The molecular formula is C20H26N11O11P. The summed E-state index contributed by atoms with van der Waals surface area (Å²) < 4.78 is 42.5. The first-order valence-corrected chi connectivity index (χ1v) is 14.1. The summed E-state index contributed by atoms with van der Waals surface area (Å²) in [5.74, 6) is -0.410. The zero-order valence-corrected chi connectivity index (χ0v) is 22.8. The molecule has 0 amide bonds. The number of rotatable bonds is 8. The molecule has 0 saturated carbocycles. The van der Waals surface area contributed by atoms with Gasteiger partial charge in [0.05, 0.1) is 12.7 Å². The van der Waals surface area contributed by atoms with Gasteiger partial charge in [-0.1, -0.05) is 0 Å². The predicted octanol–water partition coefficient (Wildman–Crippen LogP) is -3.31. The molecule has 2 aliphatic heterocycles. The SMILES string of the molecule is CO[C@H]1O[C@@H](n2cnc3c(=O)[nH]c(N)nc32)[C@@H](O)[C@H]1OP(=O)(O)CO[C@H]1O[C@@H](n2cnc3c(N)nc(N)nc32)[C@@H](O)[C@H]1O. The molecule has 2 aliphatic rings. The Morgan fingerprint density at radius 1 is 0.953 bits per heavy atom. The first-order valence-electron chi connectivity index (χ1n) is 12.4. The van der Waals surface area contributed by atoms with Gasteiger partial charge in [-0.15, -0.1) is 0 Å². The van der Waals surface area contributed by atoms with Gasteiger partial charge in [-0.25, -0.2) is 9.97 Å². The summed E-state index contributed by atoms with van der Waals surface area (Å²) in [7, 11) is -3.52. The van der Waals surface area contributed by atoms with E-state index in [1.54, 1.807) is 0 Å². The van der Waals surface area contributed by atoms with Crippen LogP contribution in [0.2, 0.25) is 0 Å². The first-order chi connectivity index (χ1) is 20.4. The number of nitrogens with two attached hydrogens (primary N) is 3. The summed E-state index contributed by atoms with van der Waals surface area (Å²) in [5, 5.41) is 32.1. The topological polar surface area (TPSA) is 329 Å². The van der Waals surface area contributed by atoms with E-state index >= 15 is 0 Å². The number of aliphatic hydroxyl groups is 3. The van der Waals surface area contributed by atoms with Gasteiger partial charge in [-0.2, -0.15) is 15.0 Å². The van der Waals surface area contributed by atoms with Crippen molar-refractivity contribution in [2.45, 2.75) is 49.5 Å². The van der Waals surface area contributed by atoms with Gasteiger partial charge < -0.3 is 56.4 Å². The fraction of sp³-hybridized carbons (Fsp3) is 0.500. The fourth-order valence-corrected chi connectivity index (χ4v) is 5.81. The van der Waals surface area contributed by atoms with Crippen molar-refractivity contribution in [3.05, 3.63) is 23.0 Å². The van der Waals surface area contributed by atoms with Crippen molar-refractivity contribution in [3.63, 3.8) is 0 Å². The van der Waals surface area contributed by atoms with Gasteiger partial charge in [0.15, 0.2) is 54.0 Å². The van der Waals surface area contributed by atoms with Crippen LogP contribution in [0.1, 0.15) is 12.5 Å². The highest BCUT2D eigenvalue weighted by molar-refractivity contribution is 7.52. The molecule has 0 aliphatic carbocycles. The van der Waals surface area contributed by atoms with Crippen molar-refractivity contribution in [1.82, 2.24) is 39.0 Å². The van der Waals surface area contributed by atoms with Crippen LogP contribution in [0.3, 0.4) is 0 Å². The number of fused-ring (bicyclic) bond motifs is 2. The number of methoxy groups -OCH3 is 1. The maximum Gasteiger partial charge on any atom is 0.354 e. The minimum absolute atomic E-state index is 0.0228. The number of aromatic amines is 1. The second kappa shape index (κ2) is 10.7. The molecule has 9 atom stereocenters. The average molecular weight is 627 g/mol. The summed E-state index contributed by atoms with van der Waals surface area (Å²) in [6.45, 7) is 0. The van der Waals surface area contributed by atoms with Gasteiger partial charge in [0, 0.05) is 7.11 Å². The molecule has 232 valence electrons. The fourth-order valence-electron chi connectivity index (χ4n) is 4.81. The molecule has 4 aromatic rings. The molecule has 2 fully saturated rings. The summed E-state index contributed by atoms with van der Waals surface area (Å²) in [6, 6.07) is 0. The molecule has 2 saturated heterocycles. The molecule has 6 rings (SSSR count). The Hall–Kier alpha value is -3.83. The predicted molar refractivity (Wildman–Crippen MR) is 140 cm³/mol. The highest BCUT2D eigenvalue weighted by Crippen LogP contribution is 2.48. The lowest BCUT2D eigenvalue weighted by Gasteiger charge is -2.24. The second-order valence-electron chi connectivity index (χ2n) is 9.57. The maximum absolute atomic E-state index is 13.0. The summed E-state index contributed by atoms with van der Waals surface area (Å²) >= 11 is 0. The standard InChI is InChI=1S/C20H26N11O11P/c1-38-18-10(9(34)16(41-18)31-3-25-6-13(31)28-20(23)29-14(6)35)42-43(36,37)4-39-17-8(33)7(32)15(40-17)30-2-24-5-11(21)26-19(22)27-12(5)30/h2-3,7-10,15-18,32-34H,4H2,1H3,(H,36,37)(H4,21,22,26,27)(H3,23,28,29,35)/t7-,8+,9-,10+,15+,16+,17-,18-/m0/s1. The normalized spacial score (nSPS) is 30.8. The third-order valence-electron chi connectivity index (χ3n) is 6.75. The number of nitrogen functional groups attached to an aromatic ring is 3. The van der Waals surface area contributed by atoms with E-state index in [1.165, 1.54) is 22.6 Å². The number of aliphatic hydroxyl groups excluding tert-OH is 3. The Kier molecular flexibility index (Phi) is 7.29. The monoisotopic (exact) mass is 627 g/mol. The van der Waals surface area contributed by atoms with E-state index in [4.69, 9.17) is 40.7 Å². The number of aromatic nitrogens is 8. The van der Waals surface area contributed by atoms with Crippen molar-refractivity contribution in [2.24, 2.45) is 0 Å². The van der Waals surface area contributed by atoms with Crippen LogP contribution in [-0.2, 0) is 28.0 Å². The third kappa shape index (κ3) is 5.08. The number of imidazole rings is 2. The lowest BCUT2D eigenvalue weighted by atomic mass is 10.2. The third-order valence-corrected chi connectivity index (χ3v) is 7.80. The summed E-state index contributed by atoms with van der Waals surface area (Å²) in [6.07, 6.45) is -10.7. The highest BCUT2D eigenvalue weighted by Gasteiger charge is 2.50. The van der Waals surface area contributed by atoms with Gasteiger partial charge in [-0.05, 0) is 0 Å². The Morgan fingerprint density at radius 3 is 2.28 bits per heavy atom. The molecule has 22 nitrogen and oxygen atoms in total. The number of nitrogens with one attached hydrogen (secondary N) is 1. The highest BCUT2D eigenvalue weighted by atomic mass is 31.2. The van der Waals surface area contributed by atoms with Crippen LogP contribution in [0.5, 0.6) is 0 Å². The summed E-state index contributed by atoms with van der Waals surface area (Å²) in [4.78, 5) is 44.8. The van der Waals surface area contributed by atoms with Crippen LogP contribution < -0.4 is 22.8 Å². The lowest BCUT2D eigenvalue weighted by Crippen LogP contribution is -2.36. The molecule has 0 aromatic carbocycles. The lowest BCUT2D eigenvalue weighted by molar-refractivity contribution is -0.171. The van der Waals surface area contributed by atoms with E-state index in [0.29, 0.717) is 0 Å². The first kappa shape index (κ1) is 29.3. The molecule has 11 N–H and O–H groups in total. The van der Waals surface area contributed by atoms with Crippen LogP contribution in [0.15, 0.2) is 17.4 Å². The van der Waals surface area contributed by atoms with Gasteiger partial charge >= 0.3 is 7.60 Å². The van der Waals surface area contributed by atoms with Gasteiger partial charge in [0.2, 0.25) is 11.9 Å². The minimum atomic E-state index is -4.73. The molecule has 23 heteroatoms. The van der Waals surface area contributed by atoms with Crippen LogP contribution in [0, 0.1) is 0 Å². The molecule has 0 spiro atoms. The van der Waals surface area contributed by atoms with E-state index in [9.17, 15) is 29.6 Å². The molecule has 43 heavy (non-hydrogen) atoms. The van der Waals surface area contributed by atoms with Crippen LogP contribution in [-0.4, -0.2) is 110 Å². The zero-order valence-electron chi connectivity index (χ0n) is 21.9. The van der Waals surface area contributed by atoms with Crippen molar-refractivity contribution >= 4 is 47.6 Å². The van der Waals surface area contributed by atoms with E-state index in [-0.39, 0.29) is 40.0 Å². The van der Waals surface area contributed by atoms with Crippen molar-refractivity contribution in [3.8, 4) is 0 Å². The van der Waals surface area contributed by atoms with Crippen LogP contribution in [0.4, 0.5) is 17.7 Å². The molecule has 6 heterocycles. The number of hydrogen-bond acceptors (Lipinski definition) is 18. The van der Waals surface area contributed by atoms with E-state index < -0.39 is 69.0 Å². The Morgan fingerprint density at radius 2 is 1.58 bits per heavy atom. The van der Waals surface area contributed by atoms with E-state index in [2.05, 4.69) is 29.9 Å². The van der Waals surface area contributed by atoms with Crippen molar-refractivity contribution in [2.75, 3.05) is 30.7 Å². The Labute approximate surface area is 238 Å². The number of H-pyrrole nitrogens is 1. The summed E-state index contributed by atoms with van der Waals surface area (Å²) in [5.41, 5.74) is 16.6. The molecule has 4 aromatic heterocycles. The van der Waals surface area contributed by atoms with Crippen molar-refractivity contribution < 1.29 is 48.2 Å². The maximum atomic E-state index is 13.0. The minimum Gasteiger partial charge on any atom is -0.385 e. The second-order valence-corrected chi connectivity index (χ2v) is 11.3. The Balaban J connectivity index is 1.15. The van der Waals surface area contributed by atoms with Crippen LogP contribution >= 0.6 is 7.60 Å². The average Bonchev–Trinajstić information content (AvgIpc) is 3.69. The van der Waals surface area contributed by atoms with Gasteiger partial charge in [0.25, 0.3) is 5.56 Å². The molecule has 1 unspecified atom stereocenters. The van der Waals surface area contributed by atoms with Crippen molar-refractivity contribution in [1.29, 1.82) is 0 Å². The largest absolute Gasteiger partial charge is 0.385 e. The zero-order chi connectivity index (χ0) is 30.8. The van der Waals surface area contributed by atoms with E-state index in [1.807, 2.05) is 0 Å².